The Labute approximate surface area is 116 Å². The third-order valence-electron chi connectivity index (χ3n) is 3.44. The van der Waals surface area contributed by atoms with Crippen molar-refractivity contribution in [3.05, 3.63) is 20.8 Å². The fourth-order valence-electron chi connectivity index (χ4n) is 2.50. The molecule has 2 N–H and O–H groups in total. The number of rotatable bonds is 4. The Morgan fingerprint density at radius 3 is 2.59 bits per heavy atom. The molecule has 0 aliphatic heterocycles. The predicted octanol–water partition coefficient (Wildman–Crippen LogP) is 3.86. The van der Waals surface area contributed by atoms with Crippen molar-refractivity contribution in [1.29, 1.82) is 0 Å². The van der Waals surface area contributed by atoms with E-state index in [1.807, 2.05) is 0 Å². The first-order valence-corrected chi connectivity index (χ1v) is 8.08. The van der Waals surface area contributed by atoms with Crippen molar-refractivity contribution in [2.75, 3.05) is 6.61 Å². The maximum atomic E-state index is 9.55. The number of thiophene rings is 1. The molecule has 1 aromatic heterocycles. The summed E-state index contributed by atoms with van der Waals surface area (Å²) in [5, 5.41) is 15.2. The van der Waals surface area contributed by atoms with Gasteiger partial charge in [-0.3, -0.25) is 0 Å². The molecule has 17 heavy (non-hydrogen) atoms. The molecule has 1 aliphatic carbocycles. The number of aliphatic hydroxyl groups is 1. The summed E-state index contributed by atoms with van der Waals surface area (Å²) in [7, 11) is 0. The number of hydrogen-bond acceptors (Lipinski definition) is 3. The topological polar surface area (TPSA) is 32.3 Å². The van der Waals surface area contributed by atoms with Gasteiger partial charge in [0.25, 0.3) is 0 Å². The molecule has 0 amide bonds. The highest BCUT2D eigenvalue weighted by Gasteiger charge is 2.20. The number of hydrogen-bond donors (Lipinski definition) is 2. The van der Waals surface area contributed by atoms with Crippen LogP contribution < -0.4 is 5.32 Å². The van der Waals surface area contributed by atoms with Crippen LogP contribution in [0.1, 0.15) is 49.4 Å². The van der Waals surface area contributed by atoms with Gasteiger partial charge in [-0.25, -0.2) is 0 Å². The lowest BCUT2D eigenvalue weighted by molar-refractivity contribution is 0.230. The van der Waals surface area contributed by atoms with E-state index >= 15 is 0 Å². The summed E-state index contributed by atoms with van der Waals surface area (Å²) >= 11 is 5.25. The monoisotopic (exact) mass is 317 g/mol. The largest absolute Gasteiger partial charge is 0.394 e. The quantitative estimate of drug-likeness (QED) is 0.826. The standard InChI is InChI=1S/C13H20BrNOS/c14-11-7-8-17-13(11)12(9-16)15-10-5-3-1-2-4-6-10/h7-8,10,12,15-16H,1-6,9H2. The summed E-state index contributed by atoms with van der Waals surface area (Å²) in [6.07, 6.45) is 7.87. The Balaban J connectivity index is 1.97. The van der Waals surface area contributed by atoms with Gasteiger partial charge in [0.2, 0.25) is 0 Å². The molecule has 1 heterocycles. The SMILES string of the molecule is OCC(NC1CCCCCC1)c1sccc1Br. The maximum absolute atomic E-state index is 9.55. The molecular weight excluding hydrogens is 298 g/mol. The van der Waals surface area contributed by atoms with Gasteiger partial charge in [-0.1, -0.05) is 25.7 Å². The van der Waals surface area contributed by atoms with Crippen molar-refractivity contribution >= 4 is 27.3 Å². The van der Waals surface area contributed by atoms with Crippen LogP contribution in [-0.2, 0) is 0 Å². The van der Waals surface area contributed by atoms with E-state index in [4.69, 9.17) is 0 Å². The molecule has 4 heteroatoms. The molecule has 2 nitrogen and oxygen atoms in total. The first-order valence-electron chi connectivity index (χ1n) is 6.41. The van der Waals surface area contributed by atoms with Gasteiger partial charge in [-0.2, -0.15) is 0 Å². The molecule has 0 spiro atoms. The lowest BCUT2D eigenvalue weighted by atomic mass is 10.1. The molecule has 1 aromatic rings. The lowest BCUT2D eigenvalue weighted by Gasteiger charge is -2.23. The average molecular weight is 318 g/mol. The molecule has 0 bridgehead atoms. The van der Waals surface area contributed by atoms with Crippen LogP contribution in [0.4, 0.5) is 0 Å². The van der Waals surface area contributed by atoms with Crippen molar-refractivity contribution in [1.82, 2.24) is 5.32 Å². The van der Waals surface area contributed by atoms with Crippen molar-refractivity contribution < 1.29 is 5.11 Å². The molecule has 1 saturated carbocycles. The molecule has 0 radical (unpaired) electrons. The Kier molecular flexibility index (Phi) is 5.48. The van der Waals surface area contributed by atoms with Gasteiger partial charge >= 0.3 is 0 Å². The van der Waals surface area contributed by atoms with E-state index in [1.54, 1.807) is 11.3 Å². The minimum atomic E-state index is 0.0903. The summed E-state index contributed by atoms with van der Waals surface area (Å²) in [6.45, 7) is 0.176. The van der Waals surface area contributed by atoms with Gasteiger partial charge < -0.3 is 10.4 Å². The fraction of sp³-hybridized carbons (Fsp3) is 0.692. The molecule has 1 atom stereocenters. The minimum absolute atomic E-state index is 0.0903. The number of aliphatic hydroxyl groups excluding tert-OH is 1. The second-order valence-electron chi connectivity index (χ2n) is 4.72. The maximum Gasteiger partial charge on any atom is 0.0663 e. The van der Waals surface area contributed by atoms with Gasteiger partial charge in [0.15, 0.2) is 0 Å². The van der Waals surface area contributed by atoms with Crippen LogP contribution in [-0.4, -0.2) is 17.8 Å². The Morgan fingerprint density at radius 2 is 2.06 bits per heavy atom. The van der Waals surface area contributed by atoms with Gasteiger partial charge in [0.1, 0.15) is 0 Å². The molecule has 96 valence electrons. The minimum Gasteiger partial charge on any atom is -0.394 e. The van der Waals surface area contributed by atoms with E-state index in [-0.39, 0.29) is 12.6 Å². The molecule has 0 saturated heterocycles. The summed E-state index contributed by atoms with van der Waals surface area (Å²) in [5.74, 6) is 0. The van der Waals surface area contributed by atoms with Crippen molar-refractivity contribution in [3.8, 4) is 0 Å². The third-order valence-corrected chi connectivity index (χ3v) is 5.42. The van der Waals surface area contributed by atoms with E-state index in [1.165, 1.54) is 43.4 Å². The zero-order chi connectivity index (χ0) is 12.1. The molecule has 1 fully saturated rings. The van der Waals surface area contributed by atoms with Crippen molar-refractivity contribution in [2.24, 2.45) is 0 Å². The van der Waals surface area contributed by atoms with E-state index in [9.17, 15) is 5.11 Å². The highest BCUT2D eigenvalue weighted by molar-refractivity contribution is 9.10. The molecular formula is C13H20BrNOS. The second-order valence-corrected chi connectivity index (χ2v) is 6.53. The summed E-state index contributed by atoms with van der Waals surface area (Å²) in [4.78, 5) is 1.22. The first kappa shape index (κ1) is 13.5. The summed E-state index contributed by atoms with van der Waals surface area (Å²) in [6, 6.07) is 2.72. The fourth-order valence-corrected chi connectivity index (χ4v) is 4.20. The Hall–Kier alpha value is 0.100. The van der Waals surface area contributed by atoms with Crippen LogP contribution in [0.2, 0.25) is 0 Å². The number of halogens is 1. The first-order chi connectivity index (χ1) is 8.31. The second kappa shape index (κ2) is 6.88. The van der Waals surface area contributed by atoms with Gasteiger partial charge in [0, 0.05) is 15.4 Å². The van der Waals surface area contributed by atoms with E-state index in [0.29, 0.717) is 6.04 Å². The predicted molar refractivity (Wildman–Crippen MR) is 76.5 cm³/mol. The van der Waals surface area contributed by atoms with Gasteiger partial charge in [-0.15, -0.1) is 11.3 Å². The van der Waals surface area contributed by atoms with Crippen LogP contribution in [0.25, 0.3) is 0 Å². The zero-order valence-electron chi connectivity index (χ0n) is 9.99. The average Bonchev–Trinajstić information content (AvgIpc) is 2.62. The Bertz CT molecular complexity index is 334. The highest BCUT2D eigenvalue weighted by Crippen LogP contribution is 2.30. The third kappa shape index (κ3) is 3.78. The van der Waals surface area contributed by atoms with Crippen molar-refractivity contribution in [3.63, 3.8) is 0 Å². The van der Waals surface area contributed by atoms with Crippen LogP contribution in [0.15, 0.2) is 15.9 Å². The Morgan fingerprint density at radius 1 is 1.35 bits per heavy atom. The normalized spacial score (nSPS) is 20.1. The van der Waals surface area contributed by atoms with Crippen LogP contribution >= 0.6 is 27.3 Å². The lowest BCUT2D eigenvalue weighted by Crippen LogP contribution is -2.34. The van der Waals surface area contributed by atoms with Gasteiger partial charge in [-0.05, 0) is 40.2 Å². The van der Waals surface area contributed by atoms with E-state index in [2.05, 4.69) is 32.7 Å². The molecule has 0 aromatic carbocycles. The summed E-state index contributed by atoms with van der Waals surface area (Å²) in [5.41, 5.74) is 0. The summed E-state index contributed by atoms with van der Waals surface area (Å²) < 4.78 is 1.11. The zero-order valence-corrected chi connectivity index (χ0v) is 12.4. The highest BCUT2D eigenvalue weighted by atomic mass is 79.9. The van der Waals surface area contributed by atoms with E-state index in [0.717, 1.165) is 4.47 Å². The molecule has 2 rings (SSSR count). The van der Waals surface area contributed by atoms with Crippen LogP contribution in [0, 0.1) is 0 Å². The van der Waals surface area contributed by atoms with Crippen molar-refractivity contribution in [2.45, 2.75) is 50.6 Å². The number of nitrogens with one attached hydrogen (secondary N) is 1. The smallest absolute Gasteiger partial charge is 0.0663 e. The molecule has 1 aliphatic rings. The van der Waals surface area contributed by atoms with Crippen LogP contribution in [0.5, 0.6) is 0 Å². The van der Waals surface area contributed by atoms with Gasteiger partial charge in [0.05, 0.1) is 12.6 Å². The van der Waals surface area contributed by atoms with E-state index < -0.39 is 0 Å². The molecule has 1 unspecified atom stereocenters. The van der Waals surface area contributed by atoms with Crippen LogP contribution in [0.3, 0.4) is 0 Å².